The molecule has 0 saturated carbocycles. The van der Waals surface area contributed by atoms with Crippen molar-refractivity contribution in [3.05, 3.63) is 21.7 Å². The molecule has 0 spiro atoms. The Morgan fingerprint density at radius 2 is 2.00 bits per heavy atom. The molecule has 1 aromatic carbocycles. The average molecular weight is 302 g/mol. The van der Waals surface area contributed by atoms with Crippen LogP contribution in [0.3, 0.4) is 0 Å². The molecule has 1 unspecified atom stereocenters. The number of methoxy groups -OCH3 is 2. The number of ether oxygens (including phenoxy) is 2. The molecular weight excluding hydrogens is 282 g/mol. The zero-order chi connectivity index (χ0) is 13.0. The monoisotopic (exact) mass is 301 g/mol. The molecule has 0 aliphatic heterocycles. The van der Waals surface area contributed by atoms with Crippen molar-refractivity contribution in [3.8, 4) is 11.5 Å². The van der Waals surface area contributed by atoms with Gasteiger partial charge in [-0.3, -0.25) is 0 Å². The van der Waals surface area contributed by atoms with Crippen molar-refractivity contribution < 1.29 is 9.47 Å². The number of benzene rings is 1. The molecule has 1 atom stereocenters. The Hall–Kier alpha value is -0.740. The smallest absolute Gasteiger partial charge is 0.175 e. The minimum absolute atomic E-state index is 0.130. The van der Waals surface area contributed by atoms with Gasteiger partial charge in [-0.2, -0.15) is 0 Å². The summed E-state index contributed by atoms with van der Waals surface area (Å²) < 4.78 is 11.7. The standard InChI is InChI=1S/C13H20BrNO2/c1-5-10-9(6-8(2)15)7-11(16-3)13(17-4)12(10)14/h7-8H,5-6,15H2,1-4H3. The molecule has 0 saturated heterocycles. The van der Waals surface area contributed by atoms with Gasteiger partial charge >= 0.3 is 0 Å². The van der Waals surface area contributed by atoms with Crippen LogP contribution < -0.4 is 15.2 Å². The quantitative estimate of drug-likeness (QED) is 0.909. The Morgan fingerprint density at radius 1 is 1.35 bits per heavy atom. The van der Waals surface area contributed by atoms with E-state index in [1.165, 1.54) is 11.1 Å². The van der Waals surface area contributed by atoms with Crippen molar-refractivity contribution in [2.75, 3.05) is 14.2 Å². The molecule has 0 bridgehead atoms. The number of halogens is 1. The second kappa shape index (κ2) is 6.26. The predicted octanol–water partition coefficient (Wildman–Crippen LogP) is 2.92. The Morgan fingerprint density at radius 3 is 2.41 bits per heavy atom. The third-order valence-corrected chi connectivity index (χ3v) is 3.54. The molecule has 1 rings (SSSR count). The van der Waals surface area contributed by atoms with E-state index in [2.05, 4.69) is 22.9 Å². The van der Waals surface area contributed by atoms with Crippen molar-refractivity contribution >= 4 is 15.9 Å². The highest BCUT2D eigenvalue weighted by atomic mass is 79.9. The second-order valence-electron chi connectivity index (χ2n) is 4.10. The minimum atomic E-state index is 0.130. The largest absolute Gasteiger partial charge is 0.493 e. The van der Waals surface area contributed by atoms with Gasteiger partial charge in [-0.05, 0) is 52.9 Å². The summed E-state index contributed by atoms with van der Waals surface area (Å²) in [7, 11) is 3.29. The van der Waals surface area contributed by atoms with Gasteiger partial charge < -0.3 is 15.2 Å². The maximum absolute atomic E-state index is 5.87. The maximum atomic E-state index is 5.87. The highest BCUT2D eigenvalue weighted by Gasteiger charge is 2.17. The molecule has 4 heteroatoms. The Kier molecular flexibility index (Phi) is 5.28. The van der Waals surface area contributed by atoms with Crippen molar-refractivity contribution in [2.45, 2.75) is 32.7 Å². The van der Waals surface area contributed by atoms with E-state index in [1.54, 1.807) is 14.2 Å². The van der Waals surface area contributed by atoms with Gasteiger partial charge in [0.25, 0.3) is 0 Å². The van der Waals surface area contributed by atoms with Crippen LogP contribution in [0.1, 0.15) is 25.0 Å². The molecule has 2 N–H and O–H groups in total. The molecule has 0 aliphatic rings. The van der Waals surface area contributed by atoms with Crippen LogP contribution in [-0.4, -0.2) is 20.3 Å². The molecule has 0 fully saturated rings. The lowest BCUT2D eigenvalue weighted by molar-refractivity contribution is 0.352. The van der Waals surface area contributed by atoms with Crippen molar-refractivity contribution in [1.29, 1.82) is 0 Å². The minimum Gasteiger partial charge on any atom is -0.493 e. The van der Waals surface area contributed by atoms with Crippen molar-refractivity contribution in [2.24, 2.45) is 5.73 Å². The molecule has 0 amide bonds. The zero-order valence-corrected chi connectivity index (χ0v) is 12.4. The molecule has 96 valence electrons. The number of rotatable bonds is 5. The maximum Gasteiger partial charge on any atom is 0.175 e. The molecule has 0 aromatic heterocycles. The first-order valence-electron chi connectivity index (χ1n) is 5.72. The molecular formula is C13H20BrNO2. The van der Waals surface area contributed by atoms with Crippen molar-refractivity contribution in [3.63, 3.8) is 0 Å². The molecule has 3 nitrogen and oxygen atoms in total. The summed E-state index contributed by atoms with van der Waals surface area (Å²) in [6.07, 6.45) is 1.77. The first-order chi connectivity index (χ1) is 8.04. The van der Waals surface area contributed by atoms with E-state index in [1.807, 2.05) is 13.0 Å². The van der Waals surface area contributed by atoms with Gasteiger partial charge in [0.15, 0.2) is 11.5 Å². The number of nitrogens with two attached hydrogens (primary N) is 1. The van der Waals surface area contributed by atoms with E-state index in [9.17, 15) is 0 Å². The van der Waals surface area contributed by atoms with Crippen LogP contribution in [0.4, 0.5) is 0 Å². The Bertz CT molecular complexity index is 391. The lowest BCUT2D eigenvalue weighted by Gasteiger charge is -2.18. The van der Waals surface area contributed by atoms with E-state index < -0.39 is 0 Å². The highest BCUT2D eigenvalue weighted by Crippen LogP contribution is 2.40. The zero-order valence-electron chi connectivity index (χ0n) is 10.8. The van der Waals surface area contributed by atoms with E-state index in [0.717, 1.165) is 28.8 Å². The first kappa shape index (κ1) is 14.3. The van der Waals surface area contributed by atoms with Gasteiger partial charge in [0.1, 0.15) is 0 Å². The Balaban J connectivity index is 3.34. The van der Waals surface area contributed by atoms with Gasteiger partial charge in [-0.15, -0.1) is 0 Å². The number of hydrogen-bond donors (Lipinski definition) is 1. The van der Waals surface area contributed by atoms with Gasteiger partial charge in [0.05, 0.1) is 18.7 Å². The van der Waals surface area contributed by atoms with Crippen molar-refractivity contribution in [1.82, 2.24) is 0 Å². The summed E-state index contributed by atoms with van der Waals surface area (Å²) in [4.78, 5) is 0. The average Bonchev–Trinajstić information content (AvgIpc) is 2.28. The fourth-order valence-corrected chi connectivity index (χ4v) is 2.84. The summed E-state index contributed by atoms with van der Waals surface area (Å²) in [5.41, 5.74) is 8.32. The summed E-state index contributed by atoms with van der Waals surface area (Å²) in [6.45, 7) is 4.13. The fraction of sp³-hybridized carbons (Fsp3) is 0.538. The Labute approximate surface area is 111 Å². The SMILES string of the molecule is CCc1c(CC(C)N)cc(OC)c(OC)c1Br. The van der Waals surface area contributed by atoms with Crippen LogP contribution in [0.2, 0.25) is 0 Å². The molecule has 1 aromatic rings. The second-order valence-corrected chi connectivity index (χ2v) is 4.89. The third-order valence-electron chi connectivity index (χ3n) is 2.70. The summed E-state index contributed by atoms with van der Waals surface area (Å²) in [5, 5.41) is 0. The molecule has 0 heterocycles. The van der Waals surface area contributed by atoms with E-state index >= 15 is 0 Å². The van der Waals surface area contributed by atoms with E-state index in [0.29, 0.717) is 0 Å². The lowest BCUT2D eigenvalue weighted by Crippen LogP contribution is -2.19. The molecule has 0 aliphatic carbocycles. The fourth-order valence-electron chi connectivity index (χ4n) is 1.95. The summed E-state index contributed by atoms with van der Waals surface area (Å²) in [5.74, 6) is 1.49. The van der Waals surface area contributed by atoms with Crippen LogP contribution in [0, 0.1) is 0 Å². The van der Waals surface area contributed by atoms with Gasteiger partial charge in [0.2, 0.25) is 0 Å². The predicted molar refractivity (Wildman–Crippen MR) is 74.0 cm³/mol. The molecule has 17 heavy (non-hydrogen) atoms. The van der Waals surface area contributed by atoms with E-state index in [4.69, 9.17) is 15.2 Å². The van der Waals surface area contributed by atoms with Crippen LogP contribution >= 0.6 is 15.9 Å². The lowest BCUT2D eigenvalue weighted by atomic mass is 9.98. The van der Waals surface area contributed by atoms with E-state index in [-0.39, 0.29) is 6.04 Å². The van der Waals surface area contributed by atoms with Gasteiger partial charge in [0, 0.05) is 6.04 Å². The number of hydrogen-bond acceptors (Lipinski definition) is 3. The molecule has 0 radical (unpaired) electrons. The first-order valence-corrected chi connectivity index (χ1v) is 6.52. The van der Waals surface area contributed by atoms with Gasteiger partial charge in [-0.1, -0.05) is 6.92 Å². The summed E-state index contributed by atoms with van der Waals surface area (Å²) in [6, 6.07) is 2.15. The summed E-state index contributed by atoms with van der Waals surface area (Å²) >= 11 is 3.59. The topological polar surface area (TPSA) is 44.5 Å². The van der Waals surface area contributed by atoms with Gasteiger partial charge in [-0.25, -0.2) is 0 Å². The van der Waals surface area contributed by atoms with Crippen LogP contribution in [0.5, 0.6) is 11.5 Å². The van der Waals surface area contributed by atoms with Crippen LogP contribution in [0.15, 0.2) is 10.5 Å². The third kappa shape index (κ3) is 3.13. The highest BCUT2D eigenvalue weighted by molar-refractivity contribution is 9.10. The normalized spacial score (nSPS) is 12.4. The van der Waals surface area contributed by atoms with Crippen LogP contribution in [0.25, 0.3) is 0 Å². The van der Waals surface area contributed by atoms with Crippen LogP contribution in [-0.2, 0) is 12.8 Å².